The van der Waals surface area contributed by atoms with E-state index in [2.05, 4.69) is 12.2 Å². The van der Waals surface area contributed by atoms with Crippen molar-refractivity contribution in [1.29, 1.82) is 0 Å². The Bertz CT molecular complexity index is 436. The molecule has 0 radical (unpaired) electrons. The van der Waals surface area contributed by atoms with Crippen LogP contribution in [0.1, 0.15) is 37.9 Å². The van der Waals surface area contributed by atoms with Crippen LogP contribution < -0.4 is 5.32 Å². The molecular weight excluding hydrogens is 300 g/mol. The molecule has 124 valence electrons. The molecule has 1 aromatic rings. The predicted octanol–water partition coefficient (Wildman–Crippen LogP) is 2.79. The van der Waals surface area contributed by atoms with E-state index in [0.717, 1.165) is 44.5 Å². The first-order valence-corrected chi connectivity index (χ1v) is 7.86. The van der Waals surface area contributed by atoms with Gasteiger partial charge in [0.15, 0.2) is 6.10 Å². The lowest BCUT2D eigenvalue weighted by Crippen LogP contribution is -2.48. The number of hydrogen-bond acceptors (Lipinski definition) is 3. The van der Waals surface area contributed by atoms with E-state index in [1.165, 1.54) is 0 Å². The third-order valence-electron chi connectivity index (χ3n) is 4.06. The Morgan fingerprint density at radius 2 is 1.95 bits per heavy atom. The van der Waals surface area contributed by atoms with Gasteiger partial charge >= 0.3 is 0 Å². The molecule has 1 heterocycles. The third kappa shape index (κ3) is 4.70. The first-order valence-electron chi connectivity index (χ1n) is 7.86. The molecule has 22 heavy (non-hydrogen) atoms. The average molecular weight is 327 g/mol. The van der Waals surface area contributed by atoms with Crippen molar-refractivity contribution in [2.45, 2.75) is 38.3 Å². The molecule has 5 heteroatoms. The Morgan fingerprint density at radius 1 is 1.32 bits per heavy atom. The van der Waals surface area contributed by atoms with Gasteiger partial charge in [0, 0.05) is 19.7 Å². The van der Waals surface area contributed by atoms with Crippen LogP contribution in [0.3, 0.4) is 0 Å². The maximum Gasteiger partial charge on any atom is 0.256 e. The fraction of sp³-hybridized carbons (Fsp3) is 0.588. The molecular formula is C17H27ClN2O2. The van der Waals surface area contributed by atoms with Crippen LogP contribution in [0.4, 0.5) is 0 Å². The van der Waals surface area contributed by atoms with Gasteiger partial charge in [0.05, 0.1) is 0 Å². The minimum absolute atomic E-state index is 0. The molecule has 0 spiro atoms. The molecule has 1 aliphatic rings. The lowest BCUT2D eigenvalue weighted by molar-refractivity contribution is -0.145. The lowest BCUT2D eigenvalue weighted by atomic mass is 10.0. The molecule has 1 N–H and O–H groups in total. The normalized spacial score (nSPS) is 16.6. The topological polar surface area (TPSA) is 41.6 Å². The summed E-state index contributed by atoms with van der Waals surface area (Å²) in [7, 11) is 1.61. The van der Waals surface area contributed by atoms with Crippen molar-refractivity contribution in [2.75, 3.05) is 26.7 Å². The highest BCUT2D eigenvalue weighted by Gasteiger charge is 2.30. The smallest absolute Gasteiger partial charge is 0.256 e. The third-order valence-corrected chi connectivity index (χ3v) is 4.06. The van der Waals surface area contributed by atoms with Crippen molar-refractivity contribution in [3.8, 4) is 0 Å². The molecule has 1 aliphatic heterocycles. The Morgan fingerprint density at radius 3 is 2.50 bits per heavy atom. The molecule has 0 bridgehead atoms. The van der Waals surface area contributed by atoms with Gasteiger partial charge in [0.2, 0.25) is 0 Å². The van der Waals surface area contributed by atoms with Gasteiger partial charge in [-0.1, -0.05) is 37.3 Å². The zero-order valence-corrected chi connectivity index (χ0v) is 14.3. The summed E-state index contributed by atoms with van der Waals surface area (Å²) in [5, 5.41) is 3.36. The van der Waals surface area contributed by atoms with E-state index in [0.29, 0.717) is 6.04 Å². The molecule has 0 aliphatic carbocycles. The lowest BCUT2D eigenvalue weighted by Gasteiger charge is -2.36. The highest BCUT2D eigenvalue weighted by molar-refractivity contribution is 5.85. The summed E-state index contributed by atoms with van der Waals surface area (Å²) in [6.45, 7) is 4.89. The minimum Gasteiger partial charge on any atom is -0.367 e. The van der Waals surface area contributed by atoms with Crippen molar-refractivity contribution in [1.82, 2.24) is 10.2 Å². The molecule has 1 unspecified atom stereocenters. The quantitative estimate of drug-likeness (QED) is 0.874. The van der Waals surface area contributed by atoms with E-state index in [9.17, 15) is 4.79 Å². The zero-order chi connectivity index (χ0) is 15.1. The van der Waals surface area contributed by atoms with Crippen LogP contribution in [-0.4, -0.2) is 43.6 Å². The molecule has 1 aromatic carbocycles. The van der Waals surface area contributed by atoms with Crippen LogP contribution >= 0.6 is 12.4 Å². The number of nitrogens with one attached hydrogen (secondary N) is 1. The van der Waals surface area contributed by atoms with Crippen LogP contribution in [-0.2, 0) is 9.53 Å². The molecule has 4 nitrogen and oxygen atoms in total. The molecule has 2 rings (SSSR count). The monoisotopic (exact) mass is 326 g/mol. The Balaban J connectivity index is 0.00000242. The second-order valence-corrected chi connectivity index (χ2v) is 5.54. The van der Waals surface area contributed by atoms with Gasteiger partial charge in [-0.25, -0.2) is 0 Å². The van der Waals surface area contributed by atoms with Crippen LogP contribution in [0, 0.1) is 0 Å². The highest BCUT2D eigenvalue weighted by atomic mass is 35.5. The SMILES string of the molecule is CCCN(C(=O)C(OC)c1ccccc1)C1CCNCC1.Cl. The first-order chi connectivity index (χ1) is 10.3. The van der Waals surface area contributed by atoms with Gasteiger partial charge < -0.3 is 15.0 Å². The van der Waals surface area contributed by atoms with Gasteiger partial charge in [0.25, 0.3) is 5.91 Å². The second-order valence-electron chi connectivity index (χ2n) is 5.54. The van der Waals surface area contributed by atoms with Gasteiger partial charge in [-0.2, -0.15) is 0 Å². The number of rotatable bonds is 6. The van der Waals surface area contributed by atoms with Crippen LogP contribution in [0.15, 0.2) is 30.3 Å². The van der Waals surface area contributed by atoms with Gasteiger partial charge in [-0.15, -0.1) is 12.4 Å². The maximum atomic E-state index is 12.9. The number of hydrogen-bond donors (Lipinski definition) is 1. The summed E-state index contributed by atoms with van der Waals surface area (Å²) in [4.78, 5) is 15.0. The van der Waals surface area contributed by atoms with Gasteiger partial charge in [-0.3, -0.25) is 4.79 Å². The summed E-state index contributed by atoms with van der Waals surface area (Å²) in [6.07, 6.45) is 2.53. The van der Waals surface area contributed by atoms with E-state index < -0.39 is 6.10 Å². The number of nitrogens with zero attached hydrogens (tertiary/aromatic N) is 1. The van der Waals surface area contributed by atoms with E-state index >= 15 is 0 Å². The average Bonchev–Trinajstić information content (AvgIpc) is 2.55. The number of ether oxygens (including phenoxy) is 1. The first kappa shape index (κ1) is 18.9. The van der Waals surface area contributed by atoms with Crippen molar-refractivity contribution in [2.24, 2.45) is 0 Å². The largest absolute Gasteiger partial charge is 0.367 e. The van der Waals surface area contributed by atoms with E-state index in [-0.39, 0.29) is 18.3 Å². The number of carbonyl (C=O) groups excluding carboxylic acids is 1. The number of benzene rings is 1. The maximum absolute atomic E-state index is 12.9. The van der Waals surface area contributed by atoms with Crippen LogP contribution in [0.5, 0.6) is 0 Å². The van der Waals surface area contributed by atoms with E-state index in [1.54, 1.807) is 7.11 Å². The standard InChI is InChI=1S/C17H26N2O2.ClH/c1-3-13-19(15-9-11-18-12-10-15)17(20)16(21-2)14-7-5-4-6-8-14;/h4-8,15-16,18H,3,9-13H2,1-2H3;1H. The van der Waals surface area contributed by atoms with Gasteiger partial charge in [0.1, 0.15) is 0 Å². The summed E-state index contributed by atoms with van der Waals surface area (Å²) in [5.74, 6) is 0.0949. The molecule has 0 aromatic heterocycles. The summed E-state index contributed by atoms with van der Waals surface area (Å²) in [5.41, 5.74) is 0.931. The predicted molar refractivity (Wildman–Crippen MR) is 91.3 cm³/mol. The molecule has 1 saturated heterocycles. The van der Waals surface area contributed by atoms with Crippen molar-refractivity contribution in [3.05, 3.63) is 35.9 Å². The molecule has 1 amide bonds. The number of piperidine rings is 1. The fourth-order valence-electron chi connectivity index (χ4n) is 2.99. The molecule has 0 saturated carbocycles. The molecule has 1 fully saturated rings. The van der Waals surface area contributed by atoms with Crippen LogP contribution in [0.25, 0.3) is 0 Å². The second kappa shape index (κ2) is 9.82. The van der Waals surface area contributed by atoms with Crippen molar-refractivity contribution in [3.63, 3.8) is 0 Å². The zero-order valence-electron chi connectivity index (χ0n) is 13.5. The summed E-state index contributed by atoms with van der Waals surface area (Å²) >= 11 is 0. The van der Waals surface area contributed by atoms with Crippen LogP contribution in [0.2, 0.25) is 0 Å². The fourth-order valence-corrected chi connectivity index (χ4v) is 2.99. The summed E-state index contributed by atoms with van der Waals surface area (Å²) in [6, 6.07) is 10.1. The van der Waals surface area contributed by atoms with E-state index in [1.807, 2.05) is 35.2 Å². The number of amides is 1. The van der Waals surface area contributed by atoms with Crippen molar-refractivity contribution >= 4 is 18.3 Å². The number of halogens is 1. The molecule has 1 atom stereocenters. The Kier molecular flexibility index (Phi) is 8.46. The number of methoxy groups -OCH3 is 1. The van der Waals surface area contributed by atoms with E-state index in [4.69, 9.17) is 4.74 Å². The van der Waals surface area contributed by atoms with Gasteiger partial charge in [-0.05, 0) is 37.9 Å². The van der Waals surface area contributed by atoms with Crippen molar-refractivity contribution < 1.29 is 9.53 Å². The minimum atomic E-state index is -0.493. The summed E-state index contributed by atoms with van der Waals surface area (Å²) < 4.78 is 5.51. The number of carbonyl (C=O) groups is 1. The highest BCUT2D eigenvalue weighted by Crippen LogP contribution is 2.23. The Hall–Kier alpha value is -1.10. The Labute approximate surface area is 139 Å².